The van der Waals surface area contributed by atoms with Crippen LogP contribution in [-0.4, -0.2) is 10.8 Å². The van der Waals surface area contributed by atoms with Crippen LogP contribution < -0.4 is 10.5 Å². The molecule has 3 N–H and O–H groups in total. The molecule has 1 aromatic carbocycles. The van der Waals surface area contributed by atoms with Gasteiger partial charge in [-0.25, -0.2) is 4.98 Å². The van der Waals surface area contributed by atoms with Crippen molar-refractivity contribution in [1.82, 2.24) is 4.98 Å². The Morgan fingerprint density at radius 3 is 2.67 bits per heavy atom. The lowest BCUT2D eigenvalue weighted by Gasteiger charge is -2.05. The van der Waals surface area contributed by atoms with Gasteiger partial charge < -0.3 is 10.5 Å². The smallest absolute Gasteiger partial charge is 0.140 e. The first-order valence-corrected chi connectivity index (χ1v) is 6.47. The van der Waals surface area contributed by atoms with E-state index in [1.54, 1.807) is 11.3 Å². The average Bonchev–Trinajstić information content (AvgIpc) is 2.74. The van der Waals surface area contributed by atoms with E-state index in [4.69, 9.17) is 15.9 Å². The van der Waals surface area contributed by atoms with Gasteiger partial charge in [0.25, 0.3) is 0 Å². The Morgan fingerprint density at radius 2 is 2.11 bits per heavy atom. The van der Waals surface area contributed by atoms with Crippen molar-refractivity contribution in [3.63, 3.8) is 0 Å². The van der Waals surface area contributed by atoms with Gasteiger partial charge in [0.2, 0.25) is 0 Å². The molecule has 4 nitrogen and oxygen atoms in total. The second-order valence-electron chi connectivity index (χ2n) is 4.02. The zero-order valence-corrected chi connectivity index (χ0v) is 11.0. The molecule has 0 aliphatic heterocycles. The van der Waals surface area contributed by atoms with Crippen LogP contribution in [0.4, 0.5) is 0 Å². The first kappa shape index (κ1) is 12.6. The molecule has 0 unspecified atom stereocenters. The molecular weight excluding hydrogens is 246 g/mol. The fraction of sp³-hybridized carbons (Fsp3) is 0.231. The molecule has 0 saturated carbocycles. The van der Waals surface area contributed by atoms with Gasteiger partial charge in [0.1, 0.15) is 17.4 Å². The molecule has 1 aromatic heterocycles. The van der Waals surface area contributed by atoms with Gasteiger partial charge in [-0.05, 0) is 24.6 Å². The van der Waals surface area contributed by atoms with Crippen molar-refractivity contribution in [1.29, 1.82) is 5.41 Å². The maximum Gasteiger partial charge on any atom is 0.140 e. The molecule has 0 saturated heterocycles. The molecular formula is C13H15N3OS. The Kier molecular flexibility index (Phi) is 3.94. The summed E-state index contributed by atoms with van der Waals surface area (Å²) < 4.78 is 5.63. The van der Waals surface area contributed by atoms with E-state index in [1.165, 1.54) is 0 Å². The van der Waals surface area contributed by atoms with Gasteiger partial charge >= 0.3 is 0 Å². The molecule has 2 aromatic rings. The second-order valence-corrected chi connectivity index (χ2v) is 4.96. The van der Waals surface area contributed by atoms with E-state index in [-0.39, 0.29) is 5.84 Å². The zero-order chi connectivity index (χ0) is 13.0. The standard InChI is InChI=1S/C13H15N3OS/c1-9-8-18-13(16-9)7-17-11-4-2-10(3-5-11)6-12(14)15/h2-5,8H,6-7H2,1H3,(H3,14,15). The van der Waals surface area contributed by atoms with Crippen molar-refractivity contribution in [3.05, 3.63) is 45.9 Å². The summed E-state index contributed by atoms with van der Waals surface area (Å²) in [5, 5.41) is 10.2. The summed E-state index contributed by atoms with van der Waals surface area (Å²) in [6, 6.07) is 7.62. The van der Waals surface area contributed by atoms with Crippen LogP contribution in [0.1, 0.15) is 16.3 Å². The maximum atomic E-state index is 7.22. The minimum Gasteiger partial charge on any atom is -0.486 e. The van der Waals surface area contributed by atoms with E-state index in [9.17, 15) is 0 Å². The minimum atomic E-state index is 0.168. The van der Waals surface area contributed by atoms with E-state index in [1.807, 2.05) is 36.6 Å². The van der Waals surface area contributed by atoms with Crippen molar-refractivity contribution < 1.29 is 4.74 Å². The van der Waals surface area contributed by atoms with Crippen LogP contribution >= 0.6 is 11.3 Å². The minimum absolute atomic E-state index is 0.168. The van der Waals surface area contributed by atoms with Crippen LogP contribution in [0.3, 0.4) is 0 Å². The van der Waals surface area contributed by atoms with Crippen LogP contribution in [0.15, 0.2) is 29.6 Å². The molecule has 5 heteroatoms. The Balaban J connectivity index is 1.92. The number of nitrogens with two attached hydrogens (primary N) is 1. The second kappa shape index (κ2) is 5.64. The first-order chi connectivity index (χ1) is 8.63. The summed E-state index contributed by atoms with van der Waals surface area (Å²) >= 11 is 1.60. The molecule has 1 heterocycles. The van der Waals surface area contributed by atoms with E-state index < -0.39 is 0 Å². The number of nitrogens with zero attached hydrogens (tertiary/aromatic N) is 1. The molecule has 0 atom stereocenters. The number of aromatic nitrogens is 1. The monoisotopic (exact) mass is 261 g/mol. The predicted octanol–water partition coefficient (Wildman–Crippen LogP) is 2.51. The van der Waals surface area contributed by atoms with Gasteiger partial charge in [-0.15, -0.1) is 11.3 Å². The lowest BCUT2D eigenvalue weighted by atomic mass is 10.1. The number of amidine groups is 1. The number of ether oxygens (including phenoxy) is 1. The largest absolute Gasteiger partial charge is 0.486 e. The van der Waals surface area contributed by atoms with Crippen molar-refractivity contribution in [3.8, 4) is 5.75 Å². The molecule has 94 valence electrons. The zero-order valence-electron chi connectivity index (χ0n) is 10.1. The molecule has 18 heavy (non-hydrogen) atoms. The molecule has 0 radical (unpaired) electrons. The summed E-state index contributed by atoms with van der Waals surface area (Å²) in [5.74, 6) is 0.970. The highest BCUT2D eigenvalue weighted by Crippen LogP contribution is 2.16. The van der Waals surface area contributed by atoms with E-state index in [0.29, 0.717) is 13.0 Å². The average molecular weight is 261 g/mol. The molecule has 0 aliphatic carbocycles. The number of rotatable bonds is 5. The van der Waals surface area contributed by atoms with Crippen LogP contribution in [-0.2, 0) is 13.0 Å². The highest BCUT2D eigenvalue weighted by molar-refractivity contribution is 7.09. The predicted molar refractivity (Wildman–Crippen MR) is 73.2 cm³/mol. The first-order valence-electron chi connectivity index (χ1n) is 5.59. The van der Waals surface area contributed by atoms with Crippen molar-refractivity contribution in [2.24, 2.45) is 5.73 Å². The van der Waals surface area contributed by atoms with Crippen LogP contribution in [0.25, 0.3) is 0 Å². The van der Waals surface area contributed by atoms with Gasteiger partial charge in [-0.1, -0.05) is 12.1 Å². The van der Waals surface area contributed by atoms with Crippen molar-refractivity contribution in [2.75, 3.05) is 0 Å². The highest BCUT2D eigenvalue weighted by atomic mass is 32.1. The van der Waals surface area contributed by atoms with Crippen LogP contribution in [0, 0.1) is 12.3 Å². The molecule has 0 fully saturated rings. The fourth-order valence-electron chi connectivity index (χ4n) is 1.54. The number of benzene rings is 1. The third-order valence-electron chi connectivity index (χ3n) is 2.35. The molecule has 2 rings (SSSR count). The normalized spacial score (nSPS) is 10.3. The molecule has 0 spiro atoms. The van der Waals surface area contributed by atoms with E-state index in [0.717, 1.165) is 22.0 Å². The maximum absolute atomic E-state index is 7.22. The van der Waals surface area contributed by atoms with E-state index in [2.05, 4.69) is 4.98 Å². The lowest BCUT2D eigenvalue weighted by Crippen LogP contribution is -2.12. The van der Waals surface area contributed by atoms with Crippen molar-refractivity contribution >= 4 is 17.2 Å². The van der Waals surface area contributed by atoms with E-state index >= 15 is 0 Å². The fourth-order valence-corrected chi connectivity index (χ4v) is 2.22. The Hall–Kier alpha value is -1.88. The number of hydrogen-bond donors (Lipinski definition) is 2. The third-order valence-corrected chi connectivity index (χ3v) is 3.29. The molecule has 0 bridgehead atoms. The third kappa shape index (κ3) is 3.56. The van der Waals surface area contributed by atoms with Gasteiger partial charge in [0.05, 0.1) is 5.84 Å². The summed E-state index contributed by atoms with van der Waals surface area (Å²) in [5.41, 5.74) is 7.38. The summed E-state index contributed by atoms with van der Waals surface area (Å²) in [6.45, 7) is 2.46. The lowest BCUT2D eigenvalue weighted by molar-refractivity contribution is 0.305. The van der Waals surface area contributed by atoms with Crippen molar-refractivity contribution in [2.45, 2.75) is 20.0 Å². The summed E-state index contributed by atoms with van der Waals surface area (Å²) in [4.78, 5) is 4.33. The Bertz CT molecular complexity index is 533. The molecule has 0 aliphatic rings. The summed E-state index contributed by atoms with van der Waals surface area (Å²) in [6.07, 6.45) is 0.478. The van der Waals surface area contributed by atoms with Gasteiger partial charge in [0, 0.05) is 17.5 Å². The Morgan fingerprint density at radius 1 is 1.39 bits per heavy atom. The summed E-state index contributed by atoms with van der Waals surface area (Å²) in [7, 11) is 0. The topological polar surface area (TPSA) is 72.0 Å². The quantitative estimate of drug-likeness (QED) is 0.641. The highest BCUT2D eigenvalue weighted by Gasteiger charge is 2.01. The van der Waals surface area contributed by atoms with Crippen LogP contribution in [0.2, 0.25) is 0 Å². The number of aryl methyl sites for hydroxylation is 1. The van der Waals surface area contributed by atoms with Crippen LogP contribution in [0.5, 0.6) is 5.75 Å². The van der Waals surface area contributed by atoms with Gasteiger partial charge in [-0.3, -0.25) is 5.41 Å². The Labute approximate surface area is 110 Å². The van der Waals surface area contributed by atoms with Gasteiger partial charge in [-0.2, -0.15) is 0 Å². The number of hydrogen-bond acceptors (Lipinski definition) is 4. The van der Waals surface area contributed by atoms with Gasteiger partial charge in [0.15, 0.2) is 0 Å². The number of nitrogens with one attached hydrogen (secondary N) is 1. The molecule has 0 amide bonds. The SMILES string of the molecule is Cc1csc(COc2ccc(CC(=N)N)cc2)n1. The number of thiazole rings is 1.